The topological polar surface area (TPSA) is 43.4 Å². The van der Waals surface area contributed by atoms with Gasteiger partial charge in [0.1, 0.15) is 5.57 Å². The van der Waals surface area contributed by atoms with E-state index in [0.717, 1.165) is 12.0 Å². The Labute approximate surface area is 132 Å². The van der Waals surface area contributed by atoms with E-state index in [1.165, 1.54) is 50.8 Å². The van der Waals surface area contributed by atoms with E-state index in [1.807, 2.05) is 12.1 Å². The zero-order valence-electron chi connectivity index (χ0n) is 13.6. The van der Waals surface area contributed by atoms with Crippen molar-refractivity contribution in [3.05, 3.63) is 40.5 Å². The van der Waals surface area contributed by atoms with Gasteiger partial charge in [0, 0.05) is 0 Å². The minimum atomic E-state index is -0.563. The lowest BCUT2D eigenvalue weighted by molar-refractivity contribution is -0.137. The van der Waals surface area contributed by atoms with Crippen molar-refractivity contribution in [1.29, 1.82) is 0 Å². The van der Waals surface area contributed by atoms with E-state index in [1.54, 1.807) is 6.08 Å². The van der Waals surface area contributed by atoms with Crippen LogP contribution in [0.1, 0.15) is 62.1 Å². The largest absolute Gasteiger partial charge is 0.465 e. The molecule has 0 amide bonds. The number of esters is 1. The Morgan fingerprint density at radius 2 is 1.95 bits per heavy atom. The molecule has 2 rings (SSSR count). The van der Waals surface area contributed by atoms with Crippen molar-refractivity contribution in [2.24, 2.45) is 0 Å². The van der Waals surface area contributed by atoms with Gasteiger partial charge >= 0.3 is 5.97 Å². The minimum Gasteiger partial charge on any atom is -0.465 e. The highest BCUT2D eigenvalue weighted by Crippen LogP contribution is 2.38. The van der Waals surface area contributed by atoms with Crippen molar-refractivity contribution in [1.82, 2.24) is 0 Å². The maximum Gasteiger partial charge on any atom is 0.341 e. The summed E-state index contributed by atoms with van der Waals surface area (Å²) in [5.74, 6) is -0.286. The molecule has 0 spiro atoms. The van der Waals surface area contributed by atoms with E-state index in [0.29, 0.717) is 5.92 Å². The number of ether oxygens (including phenoxy) is 1. The quantitative estimate of drug-likeness (QED) is 0.356. The molecule has 1 aromatic rings. The number of hydrogen-bond acceptors (Lipinski definition) is 3. The van der Waals surface area contributed by atoms with Crippen molar-refractivity contribution in [2.45, 2.75) is 51.9 Å². The van der Waals surface area contributed by atoms with Gasteiger partial charge in [0.2, 0.25) is 0 Å². The number of methoxy groups -OCH3 is 1. The molecule has 3 heteroatoms. The number of carbonyl (C=O) groups excluding carboxylic acids is 2. The van der Waals surface area contributed by atoms with E-state index in [-0.39, 0.29) is 11.4 Å². The molecule has 0 unspecified atom stereocenters. The first kappa shape index (κ1) is 16.5. The Bertz CT molecular complexity index is 593. The summed E-state index contributed by atoms with van der Waals surface area (Å²) in [6, 6.07) is 6.15. The molecule has 3 nitrogen and oxygen atoms in total. The summed E-state index contributed by atoms with van der Waals surface area (Å²) in [5.41, 5.74) is 3.73. The van der Waals surface area contributed by atoms with E-state index < -0.39 is 5.97 Å². The lowest BCUT2D eigenvalue weighted by Crippen LogP contribution is -2.12. The number of aryl methyl sites for hydroxylation is 1. The molecule has 1 aromatic carbocycles. The summed E-state index contributed by atoms with van der Waals surface area (Å²) in [7, 11) is 1.31. The zero-order valence-corrected chi connectivity index (χ0v) is 13.6. The van der Waals surface area contributed by atoms with E-state index >= 15 is 0 Å². The maximum absolute atomic E-state index is 11.8. The fraction of sp³-hybridized carbons (Fsp3) is 0.474. The molecule has 0 heterocycles. The molecule has 1 saturated carbocycles. The third-order valence-corrected chi connectivity index (χ3v) is 4.46. The SMILES string of the molecule is CCc1cccc(/C=C(/C(C)=O)C(=O)OC)c1C1CCCC1. The van der Waals surface area contributed by atoms with Crippen LogP contribution in [-0.2, 0) is 20.7 Å². The second kappa shape index (κ2) is 7.39. The lowest BCUT2D eigenvalue weighted by atomic mass is 9.86. The molecular weight excluding hydrogens is 276 g/mol. The van der Waals surface area contributed by atoms with Crippen LogP contribution in [0.4, 0.5) is 0 Å². The van der Waals surface area contributed by atoms with Crippen LogP contribution in [0.15, 0.2) is 23.8 Å². The second-order valence-corrected chi connectivity index (χ2v) is 5.86. The van der Waals surface area contributed by atoms with Gasteiger partial charge in [-0.25, -0.2) is 4.79 Å². The number of benzene rings is 1. The van der Waals surface area contributed by atoms with Crippen molar-refractivity contribution < 1.29 is 14.3 Å². The van der Waals surface area contributed by atoms with Gasteiger partial charge in [-0.15, -0.1) is 0 Å². The average Bonchev–Trinajstić information content (AvgIpc) is 3.05. The van der Waals surface area contributed by atoms with Gasteiger partial charge in [-0.05, 0) is 54.9 Å². The summed E-state index contributed by atoms with van der Waals surface area (Å²) >= 11 is 0. The fourth-order valence-corrected chi connectivity index (χ4v) is 3.35. The maximum atomic E-state index is 11.8. The molecular formula is C19H24O3. The average molecular weight is 300 g/mol. The van der Waals surface area contributed by atoms with Crippen molar-refractivity contribution in [2.75, 3.05) is 7.11 Å². The summed E-state index contributed by atoms with van der Waals surface area (Å²) in [6.07, 6.45) is 7.55. The molecule has 0 bridgehead atoms. The van der Waals surface area contributed by atoms with Gasteiger partial charge in [-0.2, -0.15) is 0 Å². The zero-order chi connectivity index (χ0) is 16.1. The first-order valence-corrected chi connectivity index (χ1v) is 8.01. The predicted octanol–water partition coefficient (Wildman–Crippen LogP) is 4.05. The number of carbonyl (C=O) groups is 2. The third kappa shape index (κ3) is 3.46. The molecule has 0 saturated heterocycles. The minimum absolute atomic E-state index is 0.120. The number of ketones is 1. The Hall–Kier alpha value is -1.90. The van der Waals surface area contributed by atoms with Crippen LogP contribution in [0, 0.1) is 0 Å². The molecule has 0 N–H and O–H groups in total. The van der Waals surface area contributed by atoms with Crippen LogP contribution >= 0.6 is 0 Å². The highest BCUT2D eigenvalue weighted by atomic mass is 16.5. The van der Waals surface area contributed by atoms with Crippen LogP contribution < -0.4 is 0 Å². The fourth-order valence-electron chi connectivity index (χ4n) is 3.35. The molecule has 0 radical (unpaired) electrons. The van der Waals surface area contributed by atoms with Crippen LogP contribution in [0.25, 0.3) is 6.08 Å². The second-order valence-electron chi connectivity index (χ2n) is 5.86. The molecule has 118 valence electrons. The highest BCUT2D eigenvalue weighted by molar-refractivity contribution is 6.19. The van der Waals surface area contributed by atoms with Crippen LogP contribution in [0.3, 0.4) is 0 Å². The Morgan fingerprint density at radius 1 is 1.27 bits per heavy atom. The van der Waals surface area contributed by atoms with Gasteiger partial charge in [0.25, 0.3) is 0 Å². The normalized spacial score (nSPS) is 15.9. The van der Waals surface area contributed by atoms with E-state index in [4.69, 9.17) is 4.74 Å². The Morgan fingerprint density at radius 3 is 2.50 bits per heavy atom. The lowest BCUT2D eigenvalue weighted by Gasteiger charge is -2.18. The molecule has 22 heavy (non-hydrogen) atoms. The van der Waals surface area contributed by atoms with E-state index in [2.05, 4.69) is 13.0 Å². The summed E-state index contributed by atoms with van der Waals surface area (Å²) in [6.45, 7) is 3.55. The summed E-state index contributed by atoms with van der Waals surface area (Å²) < 4.78 is 4.74. The number of hydrogen-bond donors (Lipinski definition) is 0. The van der Waals surface area contributed by atoms with Crippen molar-refractivity contribution in [3.8, 4) is 0 Å². The Balaban J connectivity index is 2.53. The van der Waals surface area contributed by atoms with Crippen LogP contribution in [-0.4, -0.2) is 18.9 Å². The first-order valence-electron chi connectivity index (χ1n) is 8.01. The van der Waals surface area contributed by atoms with Crippen LogP contribution in [0.2, 0.25) is 0 Å². The number of rotatable bonds is 5. The monoisotopic (exact) mass is 300 g/mol. The van der Waals surface area contributed by atoms with Gasteiger partial charge in [-0.1, -0.05) is 38.0 Å². The van der Waals surface area contributed by atoms with Gasteiger partial charge < -0.3 is 4.74 Å². The Kier molecular flexibility index (Phi) is 5.53. The van der Waals surface area contributed by atoms with Crippen molar-refractivity contribution in [3.63, 3.8) is 0 Å². The smallest absolute Gasteiger partial charge is 0.341 e. The summed E-state index contributed by atoms with van der Waals surface area (Å²) in [5, 5.41) is 0. The van der Waals surface area contributed by atoms with Crippen molar-refractivity contribution >= 4 is 17.8 Å². The van der Waals surface area contributed by atoms with Crippen LogP contribution in [0.5, 0.6) is 0 Å². The molecule has 1 aliphatic carbocycles. The molecule has 0 atom stereocenters. The van der Waals surface area contributed by atoms with Gasteiger partial charge in [0.15, 0.2) is 5.78 Å². The summed E-state index contributed by atoms with van der Waals surface area (Å²) in [4.78, 5) is 23.6. The van der Waals surface area contributed by atoms with Gasteiger partial charge in [0.05, 0.1) is 7.11 Å². The molecule has 0 aromatic heterocycles. The van der Waals surface area contributed by atoms with E-state index in [9.17, 15) is 9.59 Å². The number of Topliss-reactive ketones (excluding diaryl/α,β-unsaturated/α-hetero) is 1. The molecule has 1 aliphatic rings. The van der Waals surface area contributed by atoms with Gasteiger partial charge in [-0.3, -0.25) is 4.79 Å². The first-order chi connectivity index (χ1) is 10.6. The predicted molar refractivity (Wildman–Crippen MR) is 87.7 cm³/mol. The third-order valence-electron chi connectivity index (χ3n) is 4.46. The molecule has 0 aliphatic heterocycles. The standard InChI is InChI=1S/C19H24O3/c1-4-14-10-7-11-16(18(14)15-8-5-6-9-15)12-17(13(2)20)19(21)22-3/h7,10-12,15H,4-6,8-9H2,1-3H3/b17-12-. The highest BCUT2D eigenvalue weighted by Gasteiger charge is 2.23. The molecule has 1 fully saturated rings.